The molecule has 0 heterocycles. The third kappa shape index (κ3) is 9.46. The van der Waals surface area contributed by atoms with Gasteiger partial charge in [0.1, 0.15) is 12.6 Å². The number of nitrogens with one attached hydrogen (secondary N) is 2. The number of ether oxygens (including phenoxy) is 1. The first kappa shape index (κ1) is 26.2. The Morgan fingerprint density at radius 2 is 1.33 bits per heavy atom. The van der Waals surface area contributed by atoms with E-state index >= 15 is 0 Å². The summed E-state index contributed by atoms with van der Waals surface area (Å²) in [6, 6.07) is 26.9. The van der Waals surface area contributed by atoms with Crippen molar-refractivity contribution in [3.8, 4) is 0 Å². The monoisotopic (exact) mass is 486 g/mol. The second-order valence-corrected chi connectivity index (χ2v) is 8.29. The summed E-state index contributed by atoms with van der Waals surface area (Å²) in [5.41, 5.74) is 2.77. The largest absolute Gasteiger partial charge is 0.478 e. The van der Waals surface area contributed by atoms with Crippen LogP contribution in [0.4, 0.5) is 4.79 Å². The van der Waals surface area contributed by atoms with E-state index in [9.17, 15) is 14.4 Å². The zero-order valence-electron chi connectivity index (χ0n) is 19.9. The van der Waals surface area contributed by atoms with Crippen molar-refractivity contribution in [3.63, 3.8) is 0 Å². The van der Waals surface area contributed by atoms with E-state index < -0.39 is 30.1 Å². The van der Waals surface area contributed by atoms with Crippen molar-refractivity contribution >= 4 is 18.0 Å². The van der Waals surface area contributed by atoms with Gasteiger partial charge in [0.25, 0.3) is 0 Å². The first-order valence-electron chi connectivity index (χ1n) is 11.8. The molecule has 0 bridgehead atoms. The maximum atomic E-state index is 13.3. The molecule has 0 saturated heterocycles. The molecular weight excluding hydrogens is 456 g/mol. The van der Waals surface area contributed by atoms with Crippen LogP contribution in [0.1, 0.15) is 23.1 Å². The highest BCUT2D eigenvalue weighted by Gasteiger charge is 2.24. The lowest BCUT2D eigenvalue weighted by Crippen LogP contribution is -2.50. The molecule has 2 amide bonds. The van der Waals surface area contributed by atoms with Gasteiger partial charge in [-0.05, 0) is 29.5 Å². The van der Waals surface area contributed by atoms with Crippen LogP contribution in [0.2, 0.25) is 0 Å². The van der Waals surface area contributed by atoms with Crippen LogP contribution in [0.3, 0.4) is 0 Å². The van der Waals surface area contributed by atoms with E-state index in [4.69, 9.17) is 9.84 Å². The van der Waals surface area contributed by atoms with Gasteiger partial charge in [0.2, 0.25) is 5.91 Å². The maximum Gasteiger partial charge on any atom is 0.408 e. The molecule has 3 rings (SSSR count). The average molecular weight is 487 g/mol. The minimum atomic E-state index is -1.10. The van der Waals surface area contributed by atoms with Crippen LogP contribution in [0.15, 0.2) is 103 Å². The fourth-order valence-corrected chi connectivity index (χ4v) is 3.63. The number of hydrogen-bond acceptors (Lipinski definition) is 4. The minimum Gasteiger partial charge on any atom is -0.478 e. The van der Waals surface area contributed by atoms with Crippen LogP contribution < -0.4 is 10.6 Å². The Labute approximate surface area is 210 Å². The molecule has 2 atom stereocenters. The predicted molar refractivity (Wildman–Crippen MR) is 137 cm³/mol. The number of carboxylic acids is 1. The lowest BCUT2D eigenvalue weighted by atomic mass is 10.0. The standard InChI is InChI=1S/C29H30N2O5/c32-27(33)19-18-25(17-16-22-10-4-1-5-11-22)30-28(34)26(20-23-12-6-2-7-13-23)31-29(35)36-21-24-14-8-3-9-15-24/h1-15,18-19,25-26H,16-17,20-21H2,(H,30,34)(H,31,35)(H,32,33)/t25?,26-/m0/s1. The van der Waals surface area contributed by atoms with E-state index in [1.54, 1.807) is 0 Å². The highest BCUT2D eigenvalue weighted by atomic mass is 16.5. The smallest absolute Gasteiger partial charge is 0.408 e. The second-order valence-electron chi connectivity index (χ2n) is 8.29. The Hall–Kier alpha value is -4.39. The van der Waals surface area contributed by atoms with E-state index in [-0.39, 0.29) is 13.0 Å². The van der Waals surface area contributed by atoms with Crippen molar-refractivity contribution in [1.29, 1.82) is 0 Å². The lowest BCUT2D eigenvalue weighted by Gasteiger charge is -2.22. The van der Waals surface area contributed by atoms with Crippen LogP contribution in [-0.2, 0) is 33.8 Å². The SMILES string of the molecule is O=C(O)C=CC(CCc1ccccc1)NC(=O)[C@H](Cc1ccccc1)NC(=O)OCc1ccccc1. The number of carbonyl (C=O) groups is 3. The quantitative estimate of drug-likeness (QED) is 0.332. The number of carboxylic acid groups (broad SMARTS) is 1. The molecule has 0 aliphatic carbocycles. The Morgan fingerprint density at radius 3 is 1.92 bits per heavy atom. The van der Waals surface area contributed by atoms with Gasteiger partial charge in [-0.15, -0.1) is 0 Å². The zero-order valence-corrected chi connectivity index (χ0v) is 19.9. The Balaban J connectivity index is 1.68. The zero-order chi connectivity index (χ0) is 25.6. The molecule has 0 aromatic heterocycles. The summed E-state index contributed by atoms with van der Waals surface area (Å²) < 4.78 is 5.31. The average Bonchev–Trinajstić information content (AvgIpc) is 2.90. The van der Waals surface area contributed by atoms with Gasteiger partial charge in [0.05, 0.1) is 0 Å². The summed E-state index contributed by atoms with van der Waals surface area (Å²) in [6.45, 7) is 0.0768. The van der Waals surface area contributed by atoms with Crippen molar-refractivity contribution in [2.45, 2.75) is 38.0 Å². The van der Waals surface area contributed by atoms with Crippen molar-refractivity contribution in [2.24, 2.45) is 0 Å². The van der Waals surface area contributed by atoms with Gasteiger partial charge in [-0.25, -0.2) is 9.59 Å². The number of rotatable bonds is 12. The molecule has 0 spiro atoms. The second kappa shape index (κ2) is 14.1. The number of benzene rings is 3. The van der Waals surface area contributed by atoms with Gasteiger partial charge < -0.3 is 20.5 Å². The van der Waals surface area contributed by atoms with E-state index in [0.717, 1.165) is 22.8 Å². The molecule has 0 aliphatic heterocycles. The molecule has 0 fully saturated rings. The molecule has 7 nitrogen and oxygen atoms in total. The van der Waals surface area contributed by atoms with E-state index in [1.165, 1.54) is 6.08 Å². The molecule has 0 saturated carbocycles. The number of alkyl carbamates (subject to hydrolysis) is 1. The van der Waals surface area contributed by atoms with Gasteiger partial charge in [0.15, 0.2) is 0 Å². The summed E-state index contributed by atoms with van der Waals surface area (Å²) in [4.78, 5) is 36.9. The Morgan fingerprint density at radius 1 is 0.778 bits per heavy atom. The summed E-state index contributed by atoms with van der Waals surface area (Å²) in [7, 11) is 0. The Bertz CT molecular complexity index is 1130. The topological polar surface area (TPSA) is 105 Å². The van der Waals surface area contributed by atoms with E-state index in [0.29, 0.717) is 12.8 Å². The molecule has 3 N–H and O–H groups in total. The fourth-order valence-electron chi connectivity index (χ4n) is 3.63. The number of hydrogen-bond donors (Lipinski definition) is 3. The van der Waals surface area contributed by atoms with Crippen LogP contribution in [-0.4, -0.2) is 35.2 Å². The summed E-state index contributed by atoms with van der Waals surface area (Å²) in [5.74, 6) is -1.53. The first-order chi connectivity index (χ1) is 17.5. The van der Waals surface area contributed by atoms with Crippen LogP contribution in [0, 0.1) is 0 Å². The van der Waals surface area contributed by atoms with E-state index in [2.05, 4.69) is 10.6 Å². The highest BCUT2D eigenvalue weighted by Crippen LogP contribution is 2.09. The summed E-state index contributed by atoms with van der Waals surface area (Å²) >= 11 is 0. The van der Waals surface area contributed by atoms with Crippen LogP contribution in [0.5, 0.6) is 0 Å². The molecular formula is C29H30N2O5. The lowest BCUT2D eigenvalue weighted by molar-refractivity contribution is -0.131. The van der Waals surface area contributed by atoms with Crippen molar-refractivity contribution in [2.75, 3.05) is 0 Å². The third-order valence-electron chi connectivity index (χ3n) is 5.49. The van der Waals surface area contributed by atoms with Crippen molar-refractivity contribution in [3.05, 3.63) is 120 Å². The number of carbonyl (C=O) groups excluding carboxylic acids is 2. The van der Waals surface area contributed by atoms with Crippen molar-refractivity contribution < 1.29 is 24.2 Å². The molecule has 186 valence electrons. The molecule has 3 aromatic carbocycles. The summed E-state index contributed by atoms with van der Waals surface area (Å²) in [6.07, 6.45) is 3.15. The third-order valence-corrected chi connectivity index (χ3v) is 5.49. The van der Waals surface area contributed by atoms with Crippen LogP contribution >= 0.6 is 0 Å². The molecule has 1 unspecified atom stereocenters. The molecule has 36 heavy (non-hydrogen) atoms. The number of aryl methyl sites for hydroxylation is 1. The molecule has 0 radical (unpaired) electrons. The summed E-state index contributed by atoms with van der Waals surface area (Å²) in [5, 5.41) is 14.6. The maximum absolute atomic E-state index is 13.3. The van der Waals surface area contributed by atoms with Gasteiger partial charge in [0, 0.05) is 18.5 Å². The normalized spacial score (nSPS) is 12.4. The van der Waals surface area contributed by atoms with Gasteiger partial charge >= 0.3 is 12.1 Å². The van der Waals surface area contributed by atoms with Gasteiger partial charge in [-0.1, -0.05) is 97.1 Å². The predicted octanol–water partition coefficient (Wildman–Crippen LogP) is 4.28. The minimum absolute atomic E-state index is 0.0768. The van der Waals surface area contributed by atoms with Crippen LogP contribution in [0.25, 0.3) is 0 Å². The number of amides is 2. The Kier molecular flexibility index (Phi) is 10.3. The van der Waals surface area contributed by atoms with Gasteiger partial charge in [-0.2, -0.15) is 0 Å². The number of aliphatic carboxylic acids is 1. The van der Waals surface area contributed by atoms with Crippen molar-refractivity contribution in [1.82, 2.24) is 10.6 Å². The molecule has 0 aliphatic rings. The molecule has 7 heteroatoms. The fraction of sp³-hybridized carbons (Fsp3) is 0.207. The highest BCUT2D eigenvalue weighted by molar-refractivity contribution is 5.86. The molecule has 3 aromatic rings. The first-order valence-corrected chi connectivity index (χ1v) is 11.8. The van der Waals surface area contributed by atoms with Gasteiger partial charge in [-0.3, -0.25) is 4.79 Å². The van der Waals surface area contributed by atoms with E-state index in [1.807, 2.05) is 91.0 Å².